The Labute approximate surface area is 429 Å². The quantitative estimate of drug-likeness (QED) is 0.0191. The number of primary amides is 1. The number of benzene rings is 2. The number of nitrogens with two attached hydrogens (primary N) is 3. The molecule has 0 bridgehead atoms. The molecule has 0 aliphatic carbocycles. The number of aliphatic hydroxyl groups excluding tert-OH is 2. The molecule has 0 aromatic heterocycles. The molecule has 17 N–H and O–H groups in total. The van der Waals surface area contributed by atoms with Gasteiger partial charge in [0.15, 0.2) is 0 Å². The van der Waals surface area contributed by atoms with Gasteiger partial charge in [-0.1, -0.05) is 75.7 Å². The van der Waals surface area contributed by atoms with Crippen LogP contribution in [0.4, 0.5) is 0 Å². The summed E-state index contributed by atoms with van der Waals surface area (Å²) in [7, 11) is -4.15. The van der Waals surface area contributed by atoms with Gasteiger partial charge in [0.1, 0.15) is 36.3 Å². The predicted octanol–water partition coefficient (Wildman–Crippen LogP) is -3.61. The van der Waals surface area contributed by atoms with Gasteiger partial charge in [-0.25, -0.2) is 17.9 Å². The Hall–Kier alpha value is -7.23. The number of aliphatic hydroxyl groups is 2. The van der Waals surface area contributed by atoms with Crippen molar-refractivity contribution in [3.63, 3.8) is 0 Å². The summed E-state index contributed by atoms with van der Waals surface area (Å²) in [6.07, 6.45) is -1.08. The number of rotatable bonds is 32. The first-order valence-electron chi connectivity index (χ1n) is 23.8. The van der Waals surface area contributed by atoms with Gasteiger partial charge in [-0.2, -0.15) is 0 Å². The van der Waals surface area contributed by atoms with Crippen molar-refractivity contribution >= 4 is 69.2 Å². The number of nitrogens with zero attached hydrogens (tertiary/aromatic N) is 1. The molecule has 0 radical (unpaired) electrons. The van der Waals surface area contributed by atoms with E-state index in [4.69, 9.17) is 17.2 Å². The third kappa shape index (κ3) is 23.1. The molecule has 0 unspecified atom stereocenters. The number of hydrogen-bond acceptors (Lipinski definition) is 15. The highest BCUT2D eigenvalue weighted by molar-refractivity contribution is 7.90. The normalized spacial score (nSPS) is 14.4. The van der Waals surface area contributed by atoms with Gasteiger partial charge in [0.05, 0.1) is 30.7 Å². The molecule has 0 heterocycles. The van der Waals surface area contributed by atoms with Crippen LogP contribution in [0.2, 0.25) is 0 Å². The van der Waals surface area contributed by atoms with Gasteiger partial charge in [-0.3, -0.25) is 43.3 Å². The zero-order chi connectivity index (χ0) is 55.7. The zero-order valence-electron chi connectivity index (χ0n) is 42.1. The van der Waals surface area contributed by atoms with Crippen molar-refractivity contribution in [2.75, 3.05) is 26.3 Å². The van der Waals surface area contributed by atoms with E-state index in [1.54, 1.807) is 63.2 Å². The number of hydrogen-bond donors (Lipinski definition) is 14. The number of aliphatic carboxylic acids is 1. The molecule has 74 heavy (non-hydrogen) atoms. The zero-order valence-corrected chi connectivity index (χ0v) is 42.9. The summed E-state index contributed by atoms with van der Waals surface area (Å²) in [5, 5.41) is 45.4. The maximum atomic E-state index is 14.2. The topological polar surface area (TPSA) is 435 Å². The number of carbonyl (C=O) groups is 9. The smallest absolute Gasteiger partial charge is 0.328 e. The Morgan fingerprint density at radius 1 is 0.622 bits per heavy atom. The van der Waals surface area contributed by atoms with Crippen molar-refractivity contribution in [2.24, 2.45) is 34.0 Å². The highest BCUT2D eigenvalue weighted by atomic mass is 32.2. The number of carboxylic acids is 1. The fourth-order valence-electron chi connectivity index (χ4n) is 6.93. The number of nitrogens with one attached hydrogen (secondary N) is 8. The maximum absolute atomic E-state index is 14.2. The summed E-state index contributed by atoms with van der Waals surface area (Å²) < 4.78 is 27.8. The Bertz CT molecular complexity index is 2370. The van der Waals surface area contributed by atoms with E-state index in [0.29, 0.717) is 12.0 Å². The van der Waals surface area contributed by atoms with Gasteiger partial charge in [0, 0.05) is 19.4 Å². The molecule has 27 heteroatoms. The standard InChI is InChI=1S/C47H72N12O14S/c1-26(2)20-31(48)40(64)52-23-39(63)53-35(22-29-10-7-6-8-11-29)44(68)56-34(21-27(3)4)43(67)55-33(17-18-38(49)62)42(66)54-32(41(65)57-36(24-60)45(69)58-37(25-61)46(70)71)12-9-19-51-47(50)59-74(72,73)30-15-13-28(5)14-16-30/h6-8,10-11,13-16,26-27,31-37,60-61H,9,12,17-25,48H2,1-5H3,(H2,49,62)(H,52,64)(H,53,63)(H,54,66)(H,55,67)(H,56,68)(H,57,65)(H,58,69)(H,70,71)(H3,50,51,59)/t31-,32-,33-,34-,35-,36-,37-/m0/s1. The average molecular weight is 1060 g/mol. The van der Waals surface area contributed by atoms with E-state index >= 15 is 0 Å². The molecule has 2 aromatic rings. The number of amides is 8. The minimum absolute atomic E-state index is 0.0168. The molecule has 0 spiro atoms. The fourth-order valence-corrected chi connectivity index (χ4v) is 7.88. The van der Waals surface area contributed by atoms with Crippen molar-refractivity contribution in [1.82, 2.24) is 41.9 Å². The van der Waals surface area contributed by atoms with Crippen LogP contribution in [-0.2, 0) is 59.6 Å². The molecule has 26 nitrogen and oxygen atoms in total. The second-order valence-corrected chi connectivity index (χ2v) is 19.9. The van der Waals surface area contributed by atoms with Crippen LogP contribution >= 0.6 is 0 Å². The summed E-state index contributed by atoms with van der Waals surface area (Å²) in [6, 6.07) is 3.96. The minimum atomic E-state index is -4.15. The van der Waals surface area contributed by atoms with Crippen LogP contribution in [0.15, 0.2) is 64.5 Å². The molecule has 7 atom stereocenters. The molecular weight excluding hydrogens is 989 g/mol. The first-order valence-corrected chi connectivity index (χ1v) is 25.3. The summed E-state index contributed by atoms with van der Waals surface area (Å²) in [5.74, 6) is -9.70. The first-order chi connectivity index (χ1) is 34.8. The van der Waals surface area contributed by atoms with Crippen LogP contribution in [0.3, 0.4) is 0 Å². The lowest BCUT2D eigenvalue weighted by molar-refractivity contribution is -0.143. The molecule has 0 saturated carbocycles. The van der Waals surface area contributed by atoms with Crippen molar-refractivity contribution < 1.29 is 66.9 Å². The molecule has 8 amide bonds. The summed E-state index contributed by atoms with van der Waals surface area (Å²) in [6.45, 7) is 6.09. The van der Waals surface area contributed by atoms with Gasteiger partial charge in [-0.15, -0.1) is 0 Å². The molecular formula is C47H72N12O14S. The number of aryl methyl sites for hydroxylation is 1. The highest BCUT2D eigenvalue weighted by Crippen LogP contribution is 2.12. The van der Waals surface area contributed by atoms with Crippen LogP contribution in [0.5, 0.6) is 0 Å². The SMILES string of the molecule is Cc1ccc(S(=O)(=O)NC(N)=NCCC[C@H](NC(=O)[C@H](CCC(N)=O)NC(=O)[C@H](CC(C)C)NC(=O)[C@H](Cc2ccccc2)NC(=O)CNC(=O)[C@@H](N)CC(C)C)C(=O)N[C@@H](CO)C(=O)N[C@@H](CO)C(=O)O)cc1. The minimum Gasteiger partial charge on any atom is -0.480 e. The molecule has 0 aliphatic rings. The van der Waals surface area contributed by atoms with Crippen LogP contribution in [0, 0.1) is 18.8 Å². The van der Waals surface area contributed by atoms with Crippen LogP contribution in [0.25, 0.3) is 0 Å². The monoisotopic (exact) mass is 1060 g/mol. The summed E-state index contributed by atoms with van der Waals surface area (Å²) in [5.41, 5.74) is 18.6. The van der Waals surface area contributed by atoms with Gasteiger partial charge in [0.25, 0.3) is 10.0 Å². The van der Waals surface area contributed by atoms with E-state index in [1.807, 2.05) is 19.2 Å². The Morgan fingerprint density at radius 3 is 1.66 bits per heavy atom. The number of sulfonamides is 1. The largest absolute Gasteiger partial charge is 0.480 e. The van der Waals surface area contributed by atoms with Gasteiger partial charge < -0.3 is 69.7 Å². The Kier molecular flexibility index (Phi) is 26.7. The maximum Gasteiger partial charge on any atom is 0.328 e. The molecule has 0 saturated heterocycles. The van der Waals surface area contributed by atoms with Gasteiger partial charge >= 0.3 is 5.97 Å². The van der Waals surface area contributed by atoms with Crippen LogP contribution < -0.4 is 59.1 Å². The lowest BCUT2D eigenvalue weighted by Gasteiger charge is -2.28. The van der Waals surface area contributed by atoms with Crippen molar-refractivity contribution in [1.29, 1.82) is 0 Å². The number of aliphatic imine (C=N–C) groups is 1. The van der Waals surface area contributed by atoms with E-state index < -0.39 is 144 Å². The van der Waals surface area contributed by atoms with Crippen LogP contribution in [0.1, 0.15) is 77.3 Å². The fraction of sp³-hybridized carbons (Fsp3) is 0.532. The van der Waals surface area contributed by atoms with E-state index in [2.05, 4.69) is 41.6 Å². The van der Waals surface area contributed by atoms with Crippen molar-refractivity contribution in [3.8, 4) is 0 Å². The van der Waals surface area contributed by atoms with Crippen LogP contribution in [-0.4, -0.2) is 152 Å². The third-order valence-corrected chi connectivity index (χ3v) is 12.2. The van der Waals surface area contributed by atoms with Gasteiger partial charge in [0.2, 0.25) is 53.2 Å². The second-order valence-electron chi connectivity index (χ2n) is 18.2. The number of carboxylic acid groups (broad SMARTS) is 1. The van der Waals surface area contributed by atoms with Gasteiger partial charge in [-0.05, 0) is 68.6 Å². The van der Waals surface area contributed by atoms with E-state index in [9.17, 15) is 66.9 Å². The lowest BCUT2D eigenvalue weighted by Crippen LogP contribution is -2.60. The Morgan fingerprint density at radius 2 is 1.12 bits per heavy atom. The molecule has 0 aliphatic heterocycles. The molecule has 0 fully saturated rings. The number of carbonyl (C=O) groups excluding carboxylic acids is 8. The van der Waals surface area contributed by atoms with E-state index in [1.165, 1.54) is 12.1 Å². The van der Waals surface area contributed by atoms with E-state index in [-0.39, 0.29) is 49.0 Å². The summed E-state index contributed by atoms with van der Waals surface area (Å²) >= 11 is 0. The Balaban J connectivity index is 2.43. The molecule has 2 aromatic carbocycles. The lowest BCUT2D eigenvalue weighted by atomic mass is 10.00. The average Bonchev–Trinajstić information content (AvgIpc) is 3.32. The molecule has 2 rings (SSSR count). The first kappa shape index (κ1) is 62.9. The third-order valence-electron chi connectivity index (χ3n) is 10.8. The predicted molar refractivity (Wildman–Crippen MR) is 269 cm³/mol. The second kappa shape index (κ2) is 31.4. The highest BCUT2D eigenvalue weighted by Gasteiger charge is 2.34. The molecule has 410 valence electrons. The van der Waals surface area contributed by atoms with E-state index in [0.717, 1.165) is 5.56 Å². The number of guanidine groups is 1. The van der Waals surface area contributed by atoms with Crippen molar-refractivity contribution in [2.45, 2.75) is 127 Å². The summed E-state index contributed by atoms with van der Waals surface area (Å²) in [4.78, 5) is 122. The van der Waals surface area contributed by atoms with Crippen molar-refractivity contribution in [3.05, 3.63) is 65.7 Å².